The smallest absolute Gasteiger partial charge is 0.244 e. The van der Waals surface area contributed by atoms with Crippen LogP contribution in [0.15, 0.2) is 67.0 Å². The fourth-order valence-electron chi connectivity index (χ4n) is 2.87. The van der Waals surface area contributed by atoms with Crippen LogP contribution < -0.4 is 10.1 Å². The number of benzene rings is 2. The number of hydrogen-bond acceptors (Lipinski definition) is 3. The molecule has 2 amide bonds. The number of carbonyl (C=O) groups excluding carboxylic acids is 2. The van der Waals surface area contributed by atoms with Crippen LogP contribution in [0.2, 0.25) is 5.02 Å². The molecule has 6 nitrogen and oxygen atoms in total. The Morgan fingerprint density at radius 2 is 1.79 bits per heavy atom. The fourth-order valence-corrected chi connectivity index (χ4v) is 3.05. The van der Waals surface area contributed by atoms with Gasteiger partial charge >= 0.3 is 0 Å². The third kappa shape index (κ3) is 5.39. The van der Waals surface area contributed by atoms with Gasteiger partial charge in [-0.3, -0.25) is 9.59 Å². The Balaban J connectivity index is 1.56. The van der Waals surface area contributed by atoms with Crippen LogP contribution in [0, 0.1) is 0 Å². The Kier molecular flexibility index (Phi) is 6.57. The zero-order valence-corrected chi connectivity index (χ0v) is 17.0. The Hall–Kier alpha value is -3.25. The predicted octanol–water partition coefficient (Wildman–Crippen LogP) is 3.78. The number of ether oxygens (including phenoxy) is 1. The first kappa shape index (κ1) is 20.5. The van der Waals surface area contributed by atoms with Crippen molar-refractivity contribution >= 4 is 29.1 Å². The molecule has 0 fully saturated rings. The van der Waals surface area contributed by atoms with Crippen LogP contribution in [0.25, 0.3) is 5.69 Å². The highest BCUT2D eigenvalue weighted by Gasteiger charge is 2.15. The van der Waals surface area contributed by atoms with Crippen LogP contribution in [0.4, 0.5) is 5.69 Å². The summed E-state index contributed by atoms with van der Waals surface area (Å²) in [5, 5.41) is 3.21. The summed E-state index contributed by atoms with van der Waals surface area (Å²) in [6.45, 7) is -0.0735. The van der Waals surface area contributed by atoms with E-state index in [9.17, 15) is 9.59 Å². The summed E-state index contributed by atoms with van der Waals surface area (Å²) in [5.41, 5.74) is 2.37. The van der Waals surface area contributed by atoms with Crippen LogP contribution >= 0.6 is 11.6 Å². The number of likely N-dealkylation sites (N-methyl/N-ethyl adjacent to an activating group) is 1. The topological polar surface area (TPSA) is 63.6 Å². The minimum Gasteiger partial charge on any atom is -0.495 e. The number of nitrogens with zero attached hydrogens (tertiary/aromatic N) is 2. The normalized spacial score (nSPS) is 10.4. The first-order valence-corrected chi connectivity index (χ1v) is 9.43. The van der Waals surface area contributed by atoms with Gasteiger partial charge in [0, 0.05) is 30.2 Å². The number of halogens is 1. The van der Waals surface area contributed by atoms with E-state index in [0.29, 0.717) is 16.5 Å². The van der Waals surface area contributed by atoms with Crippen molar-refractivity contribution in [3.8, 4) is 11.4 Å². The summed E-state index contributed by atoms with van der Waals surface area (Å²) in [4.78, 5) is 26.2. The lowest BCUT2D eigenvalue weighted by atomic mass is 10.1. The summed E-state index contributed by atoms with van der Waals surface area (Å²) >= 11 is 5.97. The molecule has 0 saturated heterocycles. The van der Waals surface area contributed by atoms with Crippen LogP contribution in [-0.4, -0.2) is 42.0 Å². The molecule has 0 aliphatic carbocycles. The maximum Gasteiger partial charge on any atom is 0.244 e. The van der Waals surface area contributed by atoms with Gasteiger partial charge in [-0.25, -0.2) is 0 Å². The number of anilines is 1. The molecule has 1 heterocycles. The Morgan fingerprint density at radius 3 is 2.45 bits per heavy atom. The number of rotatable bonds is 7. The maximum absolute atomic E-state index is 12.5. The second-order valence-electron chi connectivity index (χ2n) is 6.58. The van der Waals surface area contributed by atoms with Crippen molar-refractivity contribution in [1.82, 2.24) is 9.47 Å². The van der Waals surface area contributed by atoms with Gasteiger partial charge in [-0.2, -0.15) is 0 Å². The van der Waals surface area contributed by atoms with E-state index in [0.717, 1.165) is 11.3 Å². The Bertz CT molecular complexity index is 985. The Morgan fingerprint density at radius 1 is 1.10 bits per heavy atom. The molecule has 3 aromatic rings. The highest BCUT2D eigenvalue weighted by Crippen LogP contribution is 2.27. The largest absolute Gasteiger partial charge is 0.495 e. The predicted molar refractivity (Wildman–Crippen MR) is 114 cm³/mol. The van der Waals surface area contributed by atoms with Crippen molar-refractivity contribution in [2.24, 2.45) is 0 Å². The molecule has 0 radical (unpaired) electrons. The molecular formula is C22H22ClN3O3. The molecule has 0 spiro atoms. The maximum atomic E-state index is 12.5. The molecule has 150 valence electrons. The minimum absolute atomic E-state index is 0.0735. The van der Waals surface area contributed by atoms with Crippen LogP contribution in [-0.2, 0) is 16.0 Å². The van der Waals surface area contributed by atoms with E-state index in [4.69, 9.17) is 16.3 Å². The monoisotopic (exact) mass is 411 g/mol. The minimum atomic E-state index is -0.329. The second-order valence-corrected chi connectivity index (χ2v) is 7.01. The first-order valence-electron chi connectivity index (χ1n) is 9.06. The van der Waals surface area contributed by atoms with Gasteiger partial charge in [0.2, 0.25) is 11.8 Å². The van der Waals surface area contributed by atoms with Crippen molar-refractivity contribution in [3.05, 3.63) is 77.6 Å². The van der Waals surface area contributed by atoms with Crippen molar-refractivity contribution < 1.29 is 14.3 Å². The van der Waals surface area contributed by atoms with Gasteiger partial charge in [-0.1, -0.05) is 23.7 Å². The molecule has 0 aliphatic rings. The third-order valence-electron chi connectivity index (χ3n) is 4.44. The number of aromatic nitrogens is 1. The molecule has 0 bridgehead atoms. The lowest BCUT2D eigenvalue weighted by Gasteiger charge is -2.18. The first-order chi connectivity index (χ1) is 14.0. The average molecular weight is 412 g/mol. The van der Waals surface area contributed by atoms with Crippen molar-refractivity contribution in [2.75, 3.05) is 26.0 Å². The summed E-state index contributed by atoms with van der Waals surface area (Å²) < 4.78 is 7.21. The van der Waals surface area contributed by atoms with Gasteiger partial charge < -0.3 is 19.5 Å². The third-order valence-corrected chi connectivity index (χ3v) is 4.67. The second kappa shape index (κ2) is 9.30. The molecule has 29 heavy (non-hydrogen) atoms. The highest BCUT2D eigenvalue weighted by molar-refractivity contribution is 6.31. The summed E-state index contributed by atoms with van der Waals surface area (Å²) in [6.07, 6.45) is 4.14. The average Bonchev–Trinajstić information content (AvgIpc) is 3.23. The number of nitrogens with one attached hydrogen (secondary N) is 1. The molecular weight excluding hydrogens is 390 g/mol. The number of amides is 2. The van der Waals surface area contributed by atoms with Crippen LogP contribution in [0.3, 0.4) is 0 Å². The number of carbonyl (C=O) groups is 2. The van der Waals surface area contributed by atoms with Crippen molar-refractivity contribution in [1.29, 1.82) is 0 Å². The number of methoxy groups -OCH3 is 1. The molecule has 2 aromatic carbocycles. The molecule has 3 rings (SSSR count). The summed E-state index contributed by atoms with van der Waals surface area (Å²) in [5.74, 6) is 0.0239. The molecule has 0 unspecified atom stereocenters. The zero-order valence-electron chi connectivity index (χ0n) is 16.3. The van der Waals surface area contributed by atoms with Crippen molar-refractivity contribution in [3.63, 3.8) is 0 Å². The van der Waals surface area contributed by atoms with Crippen LogP contribution in [0.5, 0.6) is 5.75 Å². The van der Waals surface area contributed by atoms with Crippen molar-refractivity contribution in [2.45, 2.75) is 6.42 Å². The van der Waals surface area contributed by atoms with Gasteiger partial charge in [-0.15, -0.1) is 0 Å². The van der Waals surface area contributed by atoms with Gasteiger partial charge in [0.15, 0.2) is 0 Å². The quantitative estimate of drug-likeness (QED) is 0.643. The summed E-state index contributed by atoms with van der Waals surface area (Å²) in [7, 11) is 3.11. The SMILES string of the molecule is COc1ccc(Cl)cc1NC(=O)CN(C)C(=O)Cc1ccc(-n2cccc2)cc1. The lowest BCUT2D eigenvalue weighted by Crippen LogP contribution is -2.35. The van der Waals surface area contributed by atoms with Gasteiger partial charge in [-0.05, 0) is 48.0 Å². The molecule has 0 atom stereocenters. The fraction of sp³-hybridized carbons (Fsp3) is 0.182. The molecule has 7 heteroatoms. The van der Waals surface area contributed by atoms with E-state index in [1.807, 2.05) is 53.4 Å². The number of hydrogen-bond donors (Lipinski definition) is 1. The van der Waals surface area contributed by atoms with Gasteiger partial charge in [0.1, 0.15) is 5.75 Å². The highest BCUT2D eigenvalue weighted by atomic mass is 35.5. The standard InChI is InChI=1S/C22H22ClN3O3/c1-25(15-21(27)24-19-14-17(23)7-10-20(19)29-2)22(28)13-16-5-8-18(9-6-16)26-11-3-4-12-26/h3-12,14H,13,15H2,1-2H3,(H,24,27). The molecule has 1 aromatic heterocycles. The van der Waals surface area contributed by atoms with Gasteiger partial charge in [0.05, 0.1) is 25.8 Å². The van der Waals surface area contributed by atoms with E-state index < -0.39 is 0 Å². The van der Waals surface area contributed by atoms with E-state index in [1.54, 1.807) is 25.2 Å². The van der Waals surface area contributed by atoms with E-state index in [2.05, 4.69) is 5.32 Å². The van der Waals surface area contributed by atoms with Gasteiger partial charge in [0.25, 0.3) is 0 Å². The molecule has 0 aliphatic heterocycles. The van der Waals surface area contributed by atoms with E-state index in [1.165, 1.54) is 12.0 Å². The Labute approximate surface area is 174 Å². The molecule has 0 saturated carbocycles. The van der Waals surface area contributed by atoms with E-state index >= 15 is 0 Å². The molecule has 1 N–H and O–H groups in total. The summed E-state index contributed by atoms with van der Waals surface area (Å²) in [6, 6.07) is 16.6. The van der Waals surface area contributed by atoms with E-state index in [-0.39, 0.29) is 24.8 Å². The van der Waals surface area contributed by atoms with Crippen LogP contribution in [0.1, 0.15) is 5.56 Å². The lowest BCUT2D eigenvalue weighted by molar-refractivity contribution is -0.132. The zero-order chi connectivity index (χ0) is 20.8.